The van der Waals surface area contributed by atoms with Crippen molar-refractivity contribution in [2.75, 3.05) is 33.5 Å². The highest BCUT2D eigenvalue weighted by molar-refractivity contribution is 5.97. The second-order valence-electron chi connectivity index (χ2n) is 25.7. The zero-order chi connectivity index (χ0) is 61.1. The van der Waals surface area contributed by atoms with Crippen LogP contribution in [0.2, 0.25) is 0 Å². The van der Waals surface area contributed by atoms with Crippen LogP contribution in [0.25, 0.3) is 55.5 Å². The van der Waals surface area contributed by atoms with Crippen LogP contribution in [0.3, 0.4) is 0 Å². The zero-order valence-electron chi connectivity index (χ0n) is 52.4. The Bertz CT molecular complexity index is 3710. The summed E-state index contributed by atoms with van der Waals surface area (Å²) in [6, 6.07) is 35.7. The molecule has 2 heterocycles. The summed E-state index contributed by atoms with van der Waals surface area (Å²) in [7, 11) is 0. The molecule has 0 unspecified atom stereocenters. The molecule has 0 saturated carbocycles. The van der Waals surface area contributed by atoms with Gasteiger partial charge < -0.3 is 18.9 Å². The molecule has 0 saturated heterocycles. The maximum Gasteiger partial charge on any atom is 0.414 e. The number of benzene rings is 6. The summed E-state index contributed by atoms with van der Waals surface area (Å²) in [6.07, 6.45) is 2.96. The molecule has 6 aromatic carbocycles. The molecule has 8 rings (SSSR count). The molecule has 0 radical (unpaired) electrons. The van der Waals surface area contributed by atoms with Gasteiger partial charge in [0.05, 0.1) is 22.7 Å². The lowest BCUT2D eigenvalue weighted by Crippen LogP contribution is -2.39. The standard InChI is InChI=1S/C68H82N8O8.ClH/c1-43-37-52-57(40-50(43)71-61(77)81-65(5,6)7)75(47-29-23-21-24-30-47)59-42-56(45(3)39-54(59)70-52)74(64(80)84-68(14,15)16)36-28-20-18-17-19-27-35-73(63(79)83-67(11,12)13)55-34-33-49-60(46(55)4)76(48-31-25-22-26-32-48)58-41-51(44(2)38-53(58)69-49)72-62(78)82-66(8,9)10;/h21-26,29-34,37-42H,17-20,27-28,35-36H2,1-16H3;1H/p+2. The maximum atomic E-state index is 14.3. The van der Waals surface area contributed by atoms with E-state index in [9.17, 15) is 19.2 Å². The zero-order valence-corrected chi connectivity index (χ0v) is 53.2. The Kier molecular flexibility index (Phi) is 19.7. The summed E-state index contributed by atoms with van der Waals surface area (Å²) in [5, 5.41) is 5.91. The van der Waals surface area contributed by atoms with E-state index in [0.717, 1.165) is 103 Å². The number of carbonyl (C=O) groups excluding carboxylic acids is 4. The van der Waals surface area contributed by atoms with Crippen molar-refractivity contribution in [1.82, 2.24) is 9.97 Å². The van der Waals surface area contributed by atoms with E-state index in [4.69, 9.17) is 28.9 Å². The predicted molar refractivity (Wildman–Crippen MR) is 342 cm³/mol. The maximum absolute atomic E-state index is 14.3. The van der Waals surface area contributed by atoms with Gasteiger partial charge in [0.15, 0.2) is 0 Å². The van der Waals surface area contributed by atoms with Crippen molar-refractivity contribution in [3.63, 3.8) is 0 Å². The predicted octanol–water partition coefficient (Wildman–Crippen LogP) is 16.5. The second kappa shape index (κ2) is 26.0. The minimum absolute atomic E-state index is 0. The lowest BCUT2D eigenvalue weighted by molar-refractivity contribution is -0.538. The first-order valence-corrected chi connectivity index (χ1v) is 29.2. The van der Waals surface area contributed by atoms with Crippen LogP contribution in [0.15, 0.2) is 109 Å². The third-order valence-corrected chi connectivity index (χ3v) is 13.9. The molecule has 0 spiro atoms. The van der Waals surface area contributed by atoms with Crippen LogP contribution >= 0.6 is 12.4 Å². The summed E-state index contributed by atoms with van der Waals surface area (Å²) in [6.45, 7) is 30.9. The van der Waals surface area contributed by atoms with E-state index in [-0.39, 0.29) is 12.4 Å². The van der Waals surface area contributed by atoms with Crippen LogP contribution in [0, 0.1) is 27.7 Å². The molecule has 16 nitrogen and oxygen atoms in total. The molecule has 0 aliphatic rings. The second-order valence-corrected chi connectivity index (χ2v) is 25.7. The number of hydrogen-bond acceptors (Lipinski definition) is 10. The van der Waals surface area contributed by atoms with Crippen molar-refractivity contribution < 1.29 is 47.3 Å². The quantitative estimate of drug-likeness (QED) is 0.0436. The largest absolute Gasteiger partial charge is 0.444 e. The van der Waals surface area contributed by atoms with Crippen molar-refractivity contribution >= 4 is 104 Å². The van der Waals surface area contributed by atoms with Gasteiger partial charge in [0.1, 0.15) is 44.5 Å². The molecule has 0 aliphatic heterocycles. The van der Waals surface area contributed by atoms with Gasteiger partial charge >= 0.3 is 24.4 Å². The molecule has 0 fully saturated rings. The van der Waals surface area contributed by atoms with Gasteiger partial charge in [0, 0.05) is 61.1 Å². The Morgan fingerprint density at radius 2 is 0.812 bits per heavy atom. The normalized spacial score (nSPS) is 12.0. The highest BCUT2D eigenvalue weighted by Crippen LogP contribution is 2.34. The fourth-order valence-electron chi connectivity index (χ4n) is 10.3. The molecule has 0 bridgehead atoms. The molecule has 4 amide bonds. The van der Waals surface area contributed by atoms with E-state index >= 15 is 0 Å². The summed E-state index contributed by atoms with van der Waals surface area (Å²) >= 11 is 0. The van der Waals surface area contributed by atoms with E-state index in [1.165, 1.54) is 0 Å². The number of halogens is 1. The third-order valence-electron chi connectivity index (χ3n) is 13.9. The number of aryl methyl sites for hydroxylation is 4. The number of anilines is 4. The molecule has 17 heteroatoms. The van der Waals surface area contributed by atoms with E-state index < -0.39 is 46.8 Å². The average Bonchev–Trinajstić information content (AvgIpc) is 1.08. The molecule has 85 heavy (non-hydrogen) atoms. The first-order chi connectivity index (χ1) is 39.4. The minimum atomic E-state index is -0.741. The van der Waals surface area contributed by atoms with Crippen molar-refractivity contribution in [2.45, 2.75) is 172 Å². The fraction of sp³-hybridized carbons (Fsp3) is 0.412. The number of carbonyl (C=O) groups is 4. The number of aromatic nitrogens is 4. The summed E-state index contributed by atoms with van der Waals surface area (Å²) < 4.78 is 27.7. The molecule has 450 valence electrons. The molecular weight excluding hydrogens is 1090 g/mol. The highest BCUT2D eigenvalue weighted by atomic mass is 35.5. The Labute approximate surface area is 506 Å². The first kappa shape index (κ1) is 64.5. The van der Waals surface area contributed by atoms with Crippen LogP contribution in [0.4, 0.5) is 41.9 Å². The van der Waals surface area contributed by atoms with Crippen LogP contribution in [0.1, 0.15) is 144 Å². The van der Waals surface area contributed by atoms with Gasteiger partial charge in [0.2, 0.25) is 33.4 Å². The van der Waals surface area contributed by atoms with Gasteiger partial charge in [-0.15, -0.1) is 21.5 Å². The molecular formula is C68H85ClN8O8+2. The molecule has 8 aromatic rings. The Morgan fingerprint density at radius 1 is 0.435 bits per heavy atom. The van der Waals surface area contributed by atoms with Crippen LogP contribution < -0.4 is 29.6 Å². The third kappa shape index (κ3) is 16.2. The van der Waals surface area contributed by atoms with E-state index in [0.29, 0.717) is 48.7 Å². The molecule has 0 aliphatic carbocycles. The number of hydrogen-bond donors (Lipinski definition) is 2. The number of ether oxygens (including phenoxy) is 4. The van der Waals surface area contributed by atoms with Crippen LogP contribution in [0.5, 0.6) is 0 Å². The van der Waals surface area contributed by atoms with Gasteiger partial charge in [-0.3, -0.25) is 20.4 Å². The van der Waals surface area contributed by atoms with Gasteiger partial charge in [-0.05, 0) is 171 Å². The lowest BCUT2D eigenvalue weighted by atomic mass is 10.1. The van der Waals surface area contributed by atoms with Crippen molar-refractivity contribution in [1.29, 1.82) is 0 Å². The first-order valence-electron chi connectivity index (χ1n) is 29.2. The molecule has 2 N–H and O–H groups in total. The Hall–Kier alpha value is -8.11. The van der Waals surface area contributed by atoms with E-state index in [2.05, 4.69) is 19.8 Å². The van der Waals surface area contributed by atoms with Crippen molar-refractivity contribution in [2.24, 2.45) is 0 Å². The number of fused-ring (bicyclic) bond motifs is 4. The van der Waals surface area contributed by atoms with Crippen molar-refractivity contribution in [3.8, 4) is 11.4 Å². The lowest BCUT2D eigenvalue weighted by Gasteiger charge is -2.29. The van der Waals surface area contributed by atoms with Crippen LogP contribution in [-0.4, -0.2) is 69.8 Å². The SMILES string of the molecule is Cc1cc2nc3cc(C)c(N(CCCCCCCCN(C(=O)OC(C)(C)C)c4ccc5nc6cc(C)c(NC(=O)OC(C)(C)C)cc6[n+](-c6ccccc6)c5c4C)C(=O)OC(C)(C)C)cc3[n+](-c3ccccc3)c2cc1NC(=O)OC(C)(C)C.Cl. The number of amides is 4. The number of nitrogens with zero attached hydrogens (tertiary/aromatic N) is 6. The van der Waals surface area contributed by atoms with Crippen molar-refractivity contribution in [3.05, 3.63) is 131 Å². The van der Waals surface area contributed by atoms with Gasteiger partial charge in [0.25, 0.3) is 0 Å². The molecule has 2 aromatic heterocycles. The van der Waals surface area contributed by atoms with Gasteiger partial charge in [-0.25, -0.2) is 29.1 Å². The van der Waals surface area contributed by atoms with Gasteiger partial charge in [-0.2, -0.15) is 0 Å². The monoisotopic (exact) mass is 1180 g/mol. The summed E-state index contributed by atoms with van der Waals surface area (Å²) in [5.41, 5.74) is 11.0. The number of rotatable bonds is 15. The topological polar surface area (TPSA) is 169 Å². The minimum Gasteiger partial charge on any atom is -0.444 e. The number of nitrogens with one attached hydrogen (secondary N) is 2. The summed E-state index contributed by atoms with van der Waals surface area (Å²) in [5.74, 6) is 0. The Balaban J connectivity index is 0.0000104. The summed E-state index contributed by atoms with van der Waals surface area (Å²) in [4.78, 5) is 68.6. The highest BCUT2D eigenvalue weighted by Gasteiger charge is 2.32. The number of unbranched alkanes of at least 4 members (excludes halogenated alkanes) is 5. The van der Waals surface area contributed by atoms with Crippen LogP contribution in [-0.2, 0) is 18.9 Å². The Morgan fingerprint density at radius 3 is 1.26 bits per heavy atom. The number of para-hydroxylation sites is 2. The smallest absolute Gasteiger partial charge is 0.414 e. The van der Waals surface area contributed by atoms with E-state index in [1.807, 2.05) is 220 Å². The average molecular weight is 1180 g/mol. The van der Waals surface area contributed by atoms with Gasteiger partial charge in [-0.1, -0.05) is 62.1 Å². The van der Waals surface area contributed by atoms with E-state index in [1.54, 1.807) is 9.80 Å². The molecule has 0 atom stereocenters. The fourth-order valence-corrected chi connectivity index (χ4v) is 10.3.